The maximum atomic E-state index is 12.9. The van der Waals surface area contributed by atoms with Crippen LogP contribution in [0.4, 0.5) is 10.1 Å². The molecule has 1 aromatic heterocycles. The molecule has 0 spiro atoms. The second kappa shape index (κ2) is 8.39. The predicted molar refractivity (Wildman–Crippen MR) is 99.6 cm³/mol. The van der Waals surface area contributed by atoms with Crippen LogP contribution in [0.1, 0.15) is 17.0 Å². The molecule has 1 N–H and O–H groups in total. The van der Waals surface area contributed by atoms with E-state index < -0.39 is 0 Å². The van der Waals surface area contributed by atoms with Gasteiger partial charge in [0, 0.05) is 17.6 Å². The highest BCUT2D eigenvalue weighted by Crippen LogP contribution is 2.19. The standard InChI is InChI=1S/C19H17FN4S/c1-14-18(11-12-21-17-9-7-16(20)8-10-17)22-19(24-23-14)25-13-15-5-3-2-4-6-15/h2-12,21H,13H2,1H3/b12-11+. The van der Waals surface area contributed by atoms with Gasteiger partial charge in [-0.25, -0.2) is 9.37 Å². The van der Waals surface area contributed by atoms with Gasteiger partial charge < -0.3 is 5.32 Å². The molecule has 3 aromatic rings. The Kier molecular flexibility index (Phi) is 5.74. The quantitative estimate of drug-likeness (QED) is 0.652. The third-order valence-corrected chi connectivity index (χ3v) is 4.33. The van der Waals surface area contributed by atoms with Crippen LogP contribution in [0.15, 0.2) is 66.0 Å². The van der Waals surface area contributed by atoms with E-state index in [0.717, 1.165) is 22.8 Å². The summed E-state index contributed by atoms with van der Waals surface area (Å²) in [5.41, 5.74) is 3.52. The molecule has 0 radical (unpaired) electrons. The maximum absolute atomic E-state index is 12.9. The van der Waals surface area contributed by atoms with E-state index in [0.29, 0.717) is 5.16 Å². The van der Waals surface area contributed by atoms with Gasteiger partial charge in [-0.05, 0) is 42.8 Å². The van der Waals surface area contributed by atoms with Gasteiger partial charge in [0.2, 0.25) is 5.16 Å². The highest BCUT2D eigenvalue weighted by molar-refractivity contribution is 7.98. The van der Waals surface area contributed by atoms with Gasteiger partial charge in [-0.2, -0.15) is 5.10 Å². The highest BCUT2D eigenvalue weighted by Gasteiger charge is 2.04. The molecule has 0 aliphatic carbocycles. The largest absolute Gasteiger partial charge is 0.362 e. The summed E-state index contributed by atoms with van der Waals surface area (Å²) in [6.07, 6.45) is 3.59. The molecule has 0 aliphatic rings. The number of aromatic nitrogens is 3. The molecule has 126 valence electrons. The van der Waals surface area contributed by atoms with E-state index in [1.165, 1.54) is 17.7 Å². The lowest BCUT2D eigenvalue weighted by Gasteiger charge is -2.04. The van der Waals surface area contributed by atoms with E-state index in [9.17, 15) is 4.39 Å². The molecule has 0 saturated carbocycles. The Hall–Kier alpha value is -2.73. The van der Waals surface area contributed by atoms with Crippen LogP contribution in [0.25, 0.3) is 6.08 Å². The number of anilines is 1. The van der Waals surface area contributed by atoms with Gasteiger partial charge in [-0.3, -0.25) is 0 Å². The first-order valence-electron chi connectivity index (χ1n) is 7.77. The van der Waals surface area contributed by atoms with Crippen LogP contribution in [0, 0.1) is 12.7 Å². The molecular weight excluding hydrogens is 335 g/mol. The van der Waals surface area contributed by atoms with Gasteiger partial charge in [0.05, 0.1) is 11.4 Å². The number of thioether (sulfide) groups is 1. The van der Waals surface area contributed by atoms with Crippen molar-refractivity contribution in [2.75, 3.05) is 5.32 Å². The third kappa shape index (κ3) is 5.12. The van der Waals surface area contributed by atoms with Crippen molar-refractivity contribution in [1.29, 1.82) is 0 Å². The second-order valence-electron chi connectivity index (χ2n) is 5.32. The van der Waals surface area contributed by atoms with Crippen LogP contribution in [0.2, 0.25) is 0 Å². The Morgan fingerprint density at radius 3 is 2.56 bits per heavy atom. The minimum absolute atomic E-state index is 0.259. The average Bonchev–Trinajstić information content (AvgIpc) is 2.64. The number of halogens is 1. The Bertz CT molecular complexity index is 851. The lowest BCUT2D eigenvalue weighted by atomic mass is 10.2. The van der Waals surface area contributed by atoms with Gasteiger partial charge in [0.25, 0.3) is 0 Å². The summed E-state index contributed by atoms with van der Waals surface area (Å²) in [4.78, 5) is 4.54. The van der Waals surface area contributed by atoms with Crippen molar-refractivity contribution in [3.05, 3.63) is 83.6 Å². The summed E-state index contributed by atoms with van der Waals surface area (Å²) in [7, 11) is 0. The van der Waals surface area contributed by atoms with E-state index in [4.69, 9.17) is 0 Å². The molecule has 6 heteroatoms. The summed E-state index contributed by atoms with van der Waals surface area (Å²) in [6.45, 7) is 1.86. The molecule has 0 unspecified atom stereocenters. The minimum Gasteiger partial charge on any atom is -0.362 e. The van der Waals surface area contributed by atoms with Crippen molar-refractivity contribution in [2.24, 2.45) is 0 Å². The summed E-state index contributed by atoms with van der Waals surface area (Å²) < 4.78 is 12.9. The fourth-order valence-corrected chi connectivity index (χ4v) is 2.83. The Labute approximate surface area is 150 Å². The summed E-state index contributed by atoms with van der Waals surface area (Å²) in [6, 6.07) is 16.3. The molecular formula is C19H17FN4S. The minimum atomic E-state index is -0.259. The molecule has 0 bridgehead atoms. The van der Waals surface area contributed by atoms with Gasteiger partial charge >= 0.3 is 0 Å². The molecule has 25 heavy (non-hydrogen) atoms. The molecule has 0 aliphatic heterocycles. The molecule has 3 rings (SSSR count). The molecule has 0 atom stereocenters. The molecule has 1 heterocycles. The topological polar surface area (TPSA) is 50.7 Å². The van der Waals surface area contributed by atoms with Gasteiger partial charge in [-0.15, -0.1) is 5.10 Å². The van der Waals surface area contributed by atoms with Crippen molar-refractivity contribution < 1.29 is 4.39 Å². The lowest BCUT2D eigenvalue weighted by molar-refractivity contribution is 0.628. The van der Waals surface area contributed by atoms with Crippen molar-refractivity contribution in [1.82, 2.24) is 15.2 Å². The number of hydrogen-bond donors (Lipinski definition) is 1. The van der Waals surface area contributed by atoms with Crippen LogP contribution in [-0.4, -0.2) is 15.2 Å². The van der Waals surface area contributed by atoms with Crippen LogP contribution < -0.4 is 5.32 Å². The van der Waals surface area contributed by atoms with Crippen molar-refractivity contribution >= 4 is 23.5 Å². The smallest absolute Gasteiger partial charge is 0.209 e. The number of nitrogens with zero attached hydrogens (tertiary/aromatic N) is 3. The van der Waals surface area contributed by atoms with Crippen LogP contribution in [-0.2, 0) is 5.75 Å². The number of aryl methyl sites for hydroxylation is 1. The Morgan fingerprint density at radius 1 is 1.04 bits per heavy atom. The number of nitrogens with one attached hydrogen (secondary N) is 1. The van der Waals surface area contributed by atoms with Crippen LogP contribution in [0.3, 0.4) is 0 Å². The number of hydrogen-bond acceptors (Lipinski definition) is 5. The second-order valence-corrected chi connectivity index (χ2v) is 6.27. The van der Waals surface area contributed by atoms with Crippen molar-refractivity contribution in [2.45, 2.75) is 17.8 Å². The fourth-order valence-electron chi connectivity index (χ4n) is 2.08. The first-order chi connectivity index (χ1) is 12.2. The lowest BCUT2D eigenvalue weighted by Crippen LogP contribution is -1.99. The van der Waals surface area contributed by atoms with E-state index >= 15 is 0 Å². The summed E-state index contributed by atoms with van der Waals surface area (Å²) >= 11 is 1.55. The molecule has 4 nitrogen and oxygen atoms in total. The maximum Gasteiger partial charge on any atom is 0.209 e. The van der Waals surface area contributed by atoms with E-state index in [-0.39, 0.29) is 5.82 Å². The summed E-state index contributed by atoms with van der Waals surface area (Å²) in [5, 5.41) is 12.0. The molecule has 0 fully saturated rings. The van der Waals surface area contributed by atoms with Crippen LogP contribution in [0.5, 0.6) is 0 Å². The van der Waals surface area contributed by atoms with Crippen molar-refractivity contribution in [3.8, 4) is 0 Å². The first-order valence-corrected chi connectivity index (χ1v) is 8.76. The third-order valence-electron chi connectivity index (χ3n) is 3.42. The monoisotopic (exact) mass is 352 g/mol. The Morgan fingerprint density at radius 2 is 1.80 bits per heavy atom. The van der Waals surface area contributed by atoms with E-state index in [1.54, 1.807) is 30.1 Å². The normalized spacial score (nSPS) is 11.0. The zero-order valence-electron chi connectivity index (χ0n) is 13.7. The average molecular weight is 352 g/mol. The van der Waals surface area contributed by atoms with E-state index in [2.05, 4.69) is 32.6 Å². The molecule has 2 aromatic carbocycles. The number of benzene rings is 2. The highest BCUT2D eigenvalue weighted by atomic mass is 32.2. The van der Waals surface area contributed by atoms with Crippen LogP contribution >= 0.6 is 11.8 Å². The zero-order chi connectivity index (χ0) is 17.5. The molecule has 0 saturated heterocycles. The fraction of sp³-hybridized carbons (Fsp3) is 0.105. The Balaban J connectivity index is 1.64. The van der Waals surface area contributed by atoms with Gasteiger partial charge in [-0.1, -0.05) is 42.1 Å². The first kappa shape index (κ1) is 17.1. The number of rotatable bonds is 6. The van der Waals surface area contributed by atoms with Crippen molar-refractivity contribution in [3.63, 3.8) is 0 Å². The van der Waals surface area contributed by atoms with Gasteiger partial charge in [0.15, 0.2) is 0 Å². The molecule has 0 amide bonds. The SMILES string of the molecule is Cc1nnc(SCc2ccccc2)nc1/C=C/Nc1ccc(F)cc1. The predicted octanol–water partition coefficient (Wildman–Crippen LogP) is 4.69. The van der Waals surface area contributed by atoms with E-state index in [1.807, 2.05) is 31.2 Å². The zero-order valence-corrected chi connectivity index (χ0v) is 14.5. The van der Waals surface area contributed by atoms with Gasteiger partial charge in [0.1, 0.15) is 5.82 Å². The summed E-state index contributed by atoms with van der Waals surface area (Å²) in [5.74, 6) is 0.535.